The Hall–Kier alpha value is -3.30. The number of amides is 2. The fourth-order valence-electron chi connectivity index (χ4n) is 6.62. The van der Waals surface area contributed by atoms with Crippen molar-refractivity contribution in [2.24, 2.45) is 21.7 Å². The summed E-state index contributed by atoms with van der Waals surface area (Å²) in [6.07, 6.45) is 5.19. The van der Waals surface area contributed by atoms with E-state index in [1.54, 1.807) is 18.2 Å². The van der Waals surface area contributed by atoms with Gasteiger partial charge in [0.1, 0.15) is 11.4 Å². The Morgan fingerprint density at radius 2 is 1.71 bits per heavy atom. The highest BCUT2D eigenvalue weighted by atomic mass is 35.5. The summed E-state index contributed by atoms with van der Waals surface area (Å²) < 4.78 is 0. The molecule has 0 saturated heterocycles. The van der Waals surface area contributed by atoms with Crippen LogP contribution in [0.1, 0.15) is 113 Å². The lowest BCUT2D eigenvalue weighted by Gasteiger charge is -2.48. The largest absolute Gasteiger partial charge is 0.345 e. The number of carbonyl (C=O) groups is 2. The minimum absolute atomic E-state index is 0.0580. The fourth-order valence-corrected chi connectivity index (χ4v) is 7.15. The Morgan fingerprint density at radius 3 is 2.27 bits per heavy atom. The van der Waals surface area contributed by atoms with Crippen molar-refractivity contribution in [3.8, 4) is 0 Å². The number of carbonyl (C=O) groups excluding carboxylic acids is 2. The molecule has 1 aliphatic heterocycles. The normalized spacial score (nSPS) is 21.2. The fraction of sp³-hybridized carbons (Fsp3) is 0.529. The van der Waals surface area contributed by atoms with Gasteiger partial charge in [-0.25, -0.2) is 0 Å². The number of hydrogen-bond donors (Lipinski definition) is 2. The highest BCUT2D eigenvalue weighted by Crippen LogP contribution is 2.51. The van der Waals surface area contributed by atoms with E-state index in [0.717, 1.165) is 44.1 Å². The molecule has 240 valence electrons. The molecule has 3 aromatic rings. The second kappa shape index (κ2) is 12.8. The monoisotopic (exact) mass is 651 g/mol. The van der Waals surface area contributed by atoms with E-state index in [9.17, 15) is 9.59 Å². The number of aromatic amines is 1. The van der Waals surface area contributed by atoms with Crippen LogP contribution in [-0.4, -0.2) is 48.7 Å². The summed E-state index contributed by atoms with van der Waals surface area (Å²) in [6, 6.07) is 12.5. The summed E-state index contributed by atoms with van der Waals surface area (Å²) in [5.41, 5.74) is 1.96. The van der Waals surface area contributed by atoms with Gasteiger partial charge in [0.2, 0.25) is 0 Å². The van der Waals surface area contributed by atoms with Gasteiger partial charge in [0.15, 0.2) is 5.82 Å². The topological polar surface area (TPSA) is 116 Å². The highest BCUT2D eigenvalue weighted by molar-refractivity contribution is 6.47. The smallest absolute Gasteiger partial charge is 0.275 e. The molecule has 2 aliphatic rings. The highest BCUT2D eigenvalue weighted by Gasteiger charge is 2.53. The van der Waals surface area contributed by atoms with Crippen molar-refractivity contribution in [3.05, 3.63) is 75.0 Å². The third-order valence-corrected chi connectivity index (χ3v) is 10.1. The first kappa shape index (κ1) is 33.1. The molecule has 0 radical (unpaired) electrons. The first-order valence-corrected chi connectivity index (χ1v) is 16.5. The van der Waals surface area contributed by atoms with Crippen molar-refractivity contribution in [2.45, 2.75) is 98.3 Å². The number of aromatic nitrogens is 4. The molecule has 1 unspecified atom stereocenters. The van der Waals surface area contributed by atoms with Crippen LogP contribution in [0.5, 0.6) is 0 Å². The first-order valence-electron chi connectivity index (χ1n) is 15.7. The van der Waals surface area contributed by atoms with Gasteiger partial charge in [-0.05, 0) is 84.7 Å². The van der Waals surface area contributed by atoms with Gasteiger partial charge in [-0.15, -0.1) is 10.2 Å². The Kier molecular flexibility index (Phi) is 9.43. The van der Waals surface area contributed by atoms with E-state index >= 15 is 0 Å². The Bertz CT molecular complexity index is 1530. The van der Waals surface area contributed by atoms with Crippen LogP contribution in [0.3, 0.4) is 0 Å². The van der Waals surface area contributed by atoms with Gasteiger partial charge in [-0.3, -0.25) is 14.6 Å². The molecule has 1 atom stereocenters. The van der Waals surface area contributed by atoms with Crippen LogP contribution in [-0.2, 0) is 11.3 Å². The van der Waals surface area contributed by atoms with Crippen molar-refractivity contribution in [1.82, 2.24) is 30.8 Å². The van der Waals surface area contributed by atoms with E-state index in [2.05, 4.69) is 72.4 Å². The molecule has 9 nitrogen and oxygen atoms in total. The number of H-pyrrole nitrogens is 1. The van der Waals surface area contributed by atoms with E-state index in [1.165, 1.54) is 0 Å². The number of rotatable bonds is 9. The van der Waals surface area contributed by atoms with Gasteiger partial charge in [0.05, 0.1) is 12.6 Å². The molecule has 5 rings (SSSR count). The molecule has 1 aromatic heterocycles. The number of aliphatic imine (C=N–C) groups is 1. The molecule has 1 saturated carbocycles. The third kappa shape index (κ3) is 7.25. The summed E-state index contributed by atoms with van der Waals surface area (Å²) in [5.74, 6) is 0.587. The number of nitrogens with one attached hydrogen (secondary N) is 2. The lowest BCUT2D eigenvalue weighted by molar-refractivity contribution is -0.134. The molecule has 1 spiro atoms. The Labute approximate surface area is 275 Å². The molecular weight excluding hydrogens is 609 g/mol. The summed E-state index contributed by atoms with van der Waals surface area (Å²) >= 11 is 12.8. The van der Waals surface area contributed by atoms with Crippen LogP contribution in [0.2, 0.25) is 10.0 Å². The van der Waals surface area contributed by atoms with Crippen LogP contribution >= 0.6 is 23.2 Å². The number of hydrogen-bond acceptors (Lipinski definition) is 6. The van der Waals surface area contributed by atoms with Crippen LogP contribution < -0.4 is 5.32 Å². The molecule has 2 N–H and O–H groups in total. The van der Waals surface area contributed by atoms with Gasteiger partial charge in [-0.1, -0.05) is 88.5 Å². The lowest BCUT2D eigenvalue weighted by atomic mass is 9.69. The van der Waals surface area contributed by atoms with E-state index < -0.39 is 5.66 Å². The van der Waals surface area contributed by atoms with Crippen LogP contribution in [0, 0.1) is 16.7 Å². The average molecular weight is 653 g/mol. The summed E-state index contributed by atoms with van der Waals surface area (Å²) in [7, 11) is 0. The third-order valence-electron chi connectivity index (χ3n) is 9.71. The van der Waals surface area contributed by atoms with Gasteiger partial charge in [0.25, 0.3) is 11.8 Å². The molecule has 11 heteroatoms. The molecule has 2 amide bonds. The standard InChI is InChI=1S/C34H43Cl2N7O2/c1-7-33(5,6)19-27(21-8-10-22(11-9-21)30(44)37-20-28-39-41-42-40-28)43-31(45)29(23-16-25(35)18-26(36)17-23)38-34(43)14-12-24(13-15-34)32(2,3)4/h8-11,16-18,24,27H,7,12-15,19-20H2,1-6H3,(H,37,44)(H,39,40,41,42). The second-order valence-corrected chi connectivity index (χ2v) is 15.2. The Morgan fingerprint density at radius 1 is 1.07 bits per heavy atom. The molecule has 1 aliphatic carbocycles. The van der Waals surface area contributed by atoms with Gasteiger partial charge in [-0.2, -0.15) is 5.21 Å². The number of benzene rings is 2. The zero-order chi connectivity index (χ0) is 32.6. The van der Waals surface area contributed by atoms with Crippen molar-refractivity contribution in [2.75, 3.05) is 0 Å². The van der Waals surface area contributed by atoms with Crippen LogP contribution in [0.25, 0.3) is 0 Å². The second-order valence-electron chi connectivity index (χ2n) is 14.3. The average Bonchev–Trinajstić information content (AvgIpc) is 3.60. The van der Waals surface area contributed by atoms with Crippen molar-refractivity contribution < 1.29 is 9.59 Å². The van der Waals surface area contributed by atoms with Crippen LogP contribution in [0.15, 0.2) is 47.5 Å². The van der Waals surface area contributed by atoms with E-state index in [0.29, 0.717) is 38.6 Å². The van der Waals surface area contributed by atoms with Gasteiger partial charge < -0.3 is 10.2 Å². The van der Waals surface area contributed by atoms with E-state index in [1.807, 2.05) is 24.3 Å². The zero-order valence-electron chi connectivity index (χ0n) is 27.0. The molecule has 0 bridgehead atoms. The lowest BCUT2D eigenvalue weighted by Crippen LogP contribution is -2.52. The summed E-state index contributed by atoms with van der Waals surface area (Å²) in [5, 5.41) is 17.4. The maximum atomic E-state index is 14.7. The van der Waals surface area contributed by atoms with Crippen molar-refractivity contribution in [1.29, 1.82) is 0 Å². The van der Waals surface area contributed by atoms with E-state index in [-0.39, 0.29) is 35.2 Å². The molecule has 2 heterocycles. The first-order chi connectivity index (χ1) is 21.2. The minimum Gasteiger partial charge on any atom is -0.345 e. The number of tetrazole rings is 1. The molecule has 45 heavy (non-hydrogen) atoms. The molecular formula is C34H43Cl2N7O2. The quantitative estimate of drug-likeness (QED) is 0.247. The molecule has 1 fully saturated rings. The maximum absolute atomic E-state index is 14.7. The predicted molar refractivity (Wildman–Crippen MR) is 177 cm³/mol. The SMILES string of the molecule is CCC(C)(C)CC(c1ccc(C(=O)NCc2nn[nH]n2)cc1)N1C(=O)C(c2cc(Cl)cc(Cl)c2)=NC12CCC(C(C)(C)C)CC2. The number of nitrogens with zero attached hydrogens (tertiary/aromatic N) is 5. The zero-order valence-corrected chi connectivity index (χ0v) is 28.5. The minimum atomic E-state index is -0.682. The summed E-state index contributed by atoms with van der Waals surface area (Å²) in [6.45, 7) is 13.7. The molecule has 2 aromatic carbocycles. The van der Waals surface area contributed by atoms with Crippen molar-refractivity contribution in [3.63, 3.8) is 0 Å². The number of halogens is 2. The summed E-state index contributed by atoms with van der Waals surface area (Å²) in [4.78, 5) is 34.9. The Balaban J connectivity index is 1.53. The maximum Gasteiger partial charge on any atom is 0.275 e. The predicted octanol–water partition coefficient (Wildman–Crippen LogP) is 7.57. The van der Waals surface area contributed by atoms with E-state index in [4.69, 9.17) is 28.2 Å². The van der Waals surface area contributed by atoms with Crippen molar-refractivity contribution >= 4 is 40.7 Å². The van der Waals surface area contributed by atoms with Gasteiger partial charge in [0, 0.05) is 21.2 Å². The van der Waals surface area contributed by atoms with Gasteiger partial charge >= 0.3 is 0 Å². The van der Waals surface area contributed by atoms with Crippen LogP contribution in [0.4, 0.5) is 0 Å².